The zero-order valence-corrected chi connectivity index (χ0v) is 24.1. The number of amides is 1. The highest BCUT2D eigenvalue weighted by Crippen LogP contribution is 2.45. The van der Waals surface area contributed by atoms with E-state index in [1.807, 2.05) is 4.90 Å². The SMILES string of the molecule is CC(C(=O)Nc1nc2cc3c(cc2s1)OC(F)(F)O3)N1CCC(F)(F)C(c2c[nH]c(=O)c(CN3CCOCC3)c2)C1.CF. The number of aromatic nitrogens is 2. The number of nitrogens with one attached hydrogen (secondary N) is 2. The van der Waals surface area contributed by atoms with Crippen LogP contribution in [0.3, 0.4) is 0 Å². The molecule has 6 rings (SSSR count). The van der Waals surface area contributed by atoms with Gasteiger partial charge in [-0.2, -0.15) is 0 Å². The monoisotopic (exact) mass is 631 g/mol. The van der Waals surface area contributed by atoms with Crippen molar-refractivity contribution in [1.82, 2.24) is 19.8 Å². The number of hydrogen-bond donors (Lipinski definition) is 2. The van der Waals surface area contributed by atoms with Gasteiger partial charge in [0.1, 0.15) is 0 Å². The van der Waals surface area contributed by atoms with Gasteiger partial charge in [0.15, 0.2) is 16.6 Å². The first-order valence-corrected chi connectivity index (χ1v) is 14.3. The molecule has 1 aromatic carbocycles. The highest BCUT2D eigenvalue weighted by Gasteiger charge is 2.47. The average molecular weight is 632 g/mol. The van der Waals surface area contributed by atoms with Crippen LogP contribution >= 0.6 is 11.3 Å². The van der Waals surface area contributed by atoms with E-state index >= 15 is 8.78 Å². The zero-order valence-electron chi connectivity index (χ0n) is 23.3. The lowest BCUT2D eigenvalue weighted by atomic mass is 9.86. The summed E-state index contributed by atoms with van der Waals surface area (Å²) in [6.07, 6.45) is -2.87. The number of fused-ring (bicyclic) bond motifs is 2. The van der Waals surface area contributed by atoms with Crippen LogP contribution in [0, 0.1) is 0 Å². The van der Waals surface area contributed by atoms with Crippen molar-refractivity contribution in [2.45, 2.75) is 44.1 Å². The maximum Gasteiger partial charge on any atom is 0.586 e. The molecule has 2 fully saturated rings. The lowest BCUT2D eigenvalue weighted by Crippen LogP contribution is -2.52. The second kappa shape index (κ2) is 12.3. The zero-order chi connectivity index (χ0) is 30.9. The van der Waals surface area contributed by atoms with Gasteiger partial charge >= 0.3 is 6.29 Å². The summed E-state index contributed by atoms with van der Waals surface area (Å²) in [5, 5.41) is 2.93. The number of rotatable bonds is 6. The highest BCUT2D eigenvalue weighted by atomic mass is 32.1. The van der Waals surface area contributed by atoms with Crippen molar-refractivity contribution >= 4 is 32.6 Å². The molecule has 43 heavy (non-hydrogen) atoms. The van der Waals surface area contributed by atoms with Crippen LogP contribution < -0.4 is 20.3 Å². The number of H-pyrrole nitrogens is 1. The fourth-order valence-electron chi connectivity index (χ4n) is 5.30. The maximum absolute atomic E-state index is 15.2. The normalized spacial score (nSPS) is 22.1. The Labute approximate surface area is 246 Å². The summed E-state index contributed by atoms with van der Waals surface area (Å²) in [4.78, 5) is 36.2. The molecule has 0 bridgehead atoms. The molecule has 2 saturated heterocycles. The number of ether oxygens (including phenoxy) is 3. The van der Waals surface area contributed by atoms with Crippen molar-refractivity contribution in [1.29, 1.82) is 0 Å². The number of likely N-dealkylation sites (tertiary alicyclic amines) is 1. The van der Waals surface area contributed by atoms with Gasteiger partial charge in [0, 0.05) is 63.0 Å². The molecule has 2 atom stereocenters. The molecule has 5 heterocycles. The molecule has 3 aliphatic rings. The topological polar surface area (TPSA) is 109 Å². The molecule has 10 nitrogen and oxygen atoms in total. The third kappa shape index (κ3) is 6.76. The molecule has 16 heteroatoms. The predicted molar refractivity (Wildman–Crippen MR) is 148 cm³/mol. The maximum atomic E-state index is 15.2. The van der Waals surface area contributed by atoms with Crippen LogP contribution in [0.1, 0.15) is 30.4 Å². The number of piperidine rings is 1. The molecule has 0 spiro atoms. The minimum Gasteiger partial charge on any atom is -0.395 e. The molecule has 3 aromatic rings. The van der Waals surface area contributed by atoms with E-state index in [-0.39, 0.29) is 35.3 Å². The summed E-state index contributed by atoms with van der Waals surface area (Å²) >= 11 is 1.06. The Bertz CT molecular complexity index is 1480. The Morgan fingerprint density at radius 2 is 1.84 bits per heavy atom. The molecule has 3 aliphatic heterocycles. The van der Waals surface area contributed by atoms with E-state index < -0.39 is 36.5 Å². The van der Waals surface area contributed by atoms with Crippen LogP contribution in [-0.4, -0.2) is 90.5 Å². The van der Waals surface area contributed by atoms with E-state index in [1.54, 1.807) is 17.9 Å². The lowest BCUT2D eigenvalue weighted by molar-refractivity contribution is -0.286. The van der Waals surface area contributed by atoms with E-state index in [1.165, 1.54) is 18.3 Å². The van der Waals surface area contributed by atoms with E-state index in [4.69, 9.17) is 4.74 Å². The number of aromatic amines is 1. The molecule has 1 amide bonds. The smallest absolute Gasteiger partial charge is 0.395 e. The van der Waals surface area contributed by atoms with Gasteiger partial charge in [-0.25, -0.2) is 13.8 Å². The Morgan fingerprint density at radius 1 is 1.14 bits per heavy atom. The number of halogens is 5. The van der Waals surface area contributed by atoms with Crippen LogP contribution in [0.2, 0.25) is 0 Å². The van der Waals surface area contributed by atoms with E-state index in [2.05, 4.69) is 24.8 Å². The molecule has 0 aliphatic carbocycles. The molecule has 2 N–H and O–H groups in total. The van der Waals surface area contributed by atoms with Gasteiger partial charge in [-0.05, 0) is 18.6 Å². The minimum absolute atomic E-state index is 0.00245. The fraction of sp³-hybridized carbons (Fsp3) is 0.519. The first-order valence-electron chi connectivity index (χ1n) is 13.5. The Hall–Kier alpha value is -3.34. The summed E-state index contributed by atoms with van der Waals surface area (Å²) in [6, 6.07) is 3.43. The van der Waals surface area contributed by atoms with Crippen molar-refractivity contribution < 1.29 is 41.0 Å². The van der Waals surface area contributed by atoms with Gasteiger partial charge in [0.2, 0.25) is 5.91 Å². The van der Waals surface area contributed by atoms with Crippen molar-refractivity contribution in [3.8, 4) is 11.5 Å². The Balaban J connectivity index is 0.00000180. The van der Waals surface area contributed by atoms with Crippen LogP contribution in [0.15, 0.2) is 29.2 Å². The minimum atomic E-state index is -3.75. The lowest BCUT2D eigenvalue weighted by Gasteiger charge is -2.40. The summed E-state index contributed by atoms with van der Waals surface area (Å²) in [5.74, 6) is -5.00. The first kappa shape index (κ1) is 31.1. The second-order valence-electron chi connectivity index (χ2n) is 10.4. The quantitative estimate of drug-likeness (QED) is 0.391. The van der Waals surface area contributed by atoms with Crippen LogP contribution in [0.5, 0.6) is 11.5 Å². The number of alkyl halides is 5. The van der Waals surface area contributed by atoms with Crippen molar-refractivity contribution in [3.05, 3.63) is 45.9 Å². The van der Waals surface area contributed by atoms with E-state index in [0.717, 1.165) is 11.3 Å². The third-order valence-corrected chi connectivity index (χ3v) is 8.56. The van der Waals surface area contributed by atoms with Crippen LogP contribution in [0.25, 0.3) is 10.2 Å². The van der Waals surface area contributed by atoms with Gasteiger partial charge < -0.3 is 24.5 Å². The number of pyridine rings is 1. The van der Waals surface area contributed by atoms with Gasteiger partial charge in [-0.15, -0.1) is 8.78 Å². The van der Waals surface area contributed by atoms with Crippen molar-refractivity contribution in [2.75, 3.05) is 51.9 Å². The second-order valence-corrected chi connectivity index (χ2v) is 11.4. The molecular weight excluding hydrogens is 601 g/mol. The molecular formula is C27H30F5N5O5S. The van der Waals surface area contributed by atoms with Gasteiger partial charge in [-0.3, -0.25) is 23.8 Å². The molecule has 234 valence electrons. The molecule has 0 radical (unpaired) electrons. The predicted octanol–water partition coefficient (Wildman–Crippen LogP) is 4.18. The Morgan fingerprint density at radius 3 is 2.56 bits per heavy atom. The summed E-state index contributed by atoms with van der Waals surface area (Å²) < 4.78 is 81.3. The first-order chi connectivity index (χ1) is 20.5. The third-order valence-electron chi connectivity index (χ3n) is 7.63. The van der Waals surface area contributed by atoms with Crippen LogP contribution in [0.4, 0.5) is 27.1 Å². The number of nitrogens with zero attached hydrogens (tertiary/aromatic N) is 3. The summed E-state index contributed by atoms with van der Waals surface area (Å²) in [5.41, 5.74) is 0.729. The summed E-state index contributed by atoms with van der Waals surface area (Å²) in [7, 11) is 0.500. The van der Waals surface area contributed by atoms with Gasteiger partial charge in [0.25, 0.3) is 11.5 Å². The fourth-order valence-corrected chi connectivity index (χ4v) is 6.18. The number of carbonyl (C=O) groups is 1. The van der Waals surface area contributed by atoms with Crippen molar-refractivity contribution in [3.63, 3.8) is 0 Å². The number of benzene rings is 1. The van der Waals surface area contributed by atoms with Crippen molar-refractivity contribution in [2.24, 2.45) is 0 Å². The van der Waals surface area contributed by atoms with E-state index in [0.29, 0.717) is 61.4 Å². The number of anilines is 1. The largest absolute Gasteiger partial charge is 0.586 e. The molecule has 0 saturated carbocycles. The van der Waals surface area contributed by atoms with Gasteiger partial charge in [0.05, 0.1) is 42.6 Å². The number of thiazole rings is 1. The number of hydrogen-bond acceptors (Lipinski definition) is 9. The Kier molecular flexibility index (Phi) is 8.92. The highest BCUT2D eigenvalue weighted by molar-refractivity contribution is 7.22. The molecule has 2 aromatic heterocycles. The van der Waals surface area contributed by atoms with E-state index in [9.17, 15) is 22.8 Å². The standard InChI is InChI=1S/C26H27F4N5O5S.CH3F/c1-14(22(36)33-24-32-18-9-19-20(10-21(18)41-24)40-26(29,30)39-19)35-3-2-25(27,28)17(13-35)15-8-16(23(37)31-11-15)12-34-4-6-38-7-5-34;1-2/h8-11,14,17H,2-7,12-13H2,1H3,(H,31,37)(H,32,33,36);1H3. The number of morpholine rings is 1. The summed E-state index contributed by atoms with van der Waals surface area (Å²) in [6.45, 7) is 4.26. The molecule has 2 unspecified atom stereocenters. The van der Waals surface area contributed by atoms with Crippen LogP contribution in [-0.2, 0) is 16.1 Å². The van der Waals surface area contributed by atoms with Gasteiger partial charge in [-0.1, -0.05) is 11.3 Å². The average Bonchev–Trinajstić information content (AvgIpc) is 3.50. The number of carbonyl (C=O) groups excluding carboxylic acids is 1.